The molecule has 0 radical (unpaired) electrons. The minimum absolute atomic E-state index is 0. The number of nitrogen functional groups attached to an aromatic ring is 2. The Morgan fingerprint density at radius 2 is 1.52 bits per heavy atom. The number of benzene rings is 2. The Labute approximate surface area is 203 Å². The van der Waals surface area contributed by atoms with E-state index in [1.54, 1.807) is 20.8 Å². The second-order valence-electron chi connectivity index (χ2n) is 7.72. The van der Waals surface area contributed by atoms with Gasteiger partial charge in [0.1, 0.15) is 9.79 Å². The van der Waals surface area contributed by atoms with Crippen molar-refractivity contribution in [2.45, 2.75) is 30.6 Å². The number of hydrogen-bond donors (Lipinski definition) is 4. The molecule has 0 unspecified atom stereocenters. The van der Waals surface area contributed by atoms with Gasteiger partial charge in [-0.15, -0.1) is 0 Å². The summed E-state index contributed by atoms with van der Waals surface area (Å²) in [5.41, 5.74) is 10.3. The Bertz CT molecular complexity index is 1190. The molecule has 0 aromatic heterocycles. The summed E-state index contributed by atoms with van der Waals surface area (Å²) in [4.78, 5) is 11.6. The molecule has 0 fully saturated rings. The van der Waals surface area contributed by atoms with Crippen molar-refractivity contribution in [1.82, 2.24) is 0 Å². The molecule has 0 aliphatic carbocycles. The zero-order chi connectivity index (χ0) is 22.9. The first-order chi connectivity index (χ1) is 13.6. The van der Waals surface area contributed by atoms with Gasteiger partial charge in [0.15, 0.2) is 0 Å². The second kappa shape index (κ2) is 9.86. The molecule has 0 saturated heterocycles. The number of nitrogens with two attached hydrogens (primary N) is 2. The average molecular weight is 482 g/mol. The predicted molar refractivity (Wildman–Crippen MR) is 119 cm³/mol. The fraction of sp³-hybridized carbons (Fsp3) is 0.278. The van der Waals surface area contributed by atoms with Crippen molar-refractivity contribution in [1.29, 1.82) is 0 Å². The fourth-order valence-corrected chi connectivity index (χ4v) is 4.32. The Morgan fingerprint density at radius 1 is 1.00 bits per heavy atom. The Morgan fingerprint density at radius 3 is 2.03 bits per heavy atom. The Hall–Kier alpha value is -1.67. The van der Waals surface area contributed by atoms with Crippen molar-refractivity contribution in [2.75, 3.05) is 23.4 Å². The molecule has 0 saturated carbocycles. The molecule has 0 heterocycles. The second-order valence-corrected chi connectivity index (χ2v) is 10.7. The normalized spacial score (nSPS) is 12.1. The molecule has 0 spiro atoms. The van der Waals surface area contributed by atoms with Gasteiger partial charge in [-0.05, 0) is 41.8 Å². The summed E-state index contributed by atoms with van der Waals surface area (Å²) >= 11 is 0. The monoisotopic (exact) mass is 481 g/mol. The third kappa shape index (κ3) is 7.45. The first-order valence-corrected chi connectivity index (χ1v) is 11.4. The van der Waals surface area contributed by atoms with Crippen LogP contribution in [0.1, 0.15) is 31.1 Å². The summed E-state index contributed by atoms with van der Waals surface area (Å²) in [5.74, 6) is -0.986. The minimum atomic E-state index is -4.77. The van der Waals surface area contributed by atoms with E-state index in [1.807, 2.05) is 0 Å². The third-order valence-corrected chi connectivity index (χ3v) is 5.90. The van der Waals surface area contributed by atoms with Gasteiger partial charge >= 0.3 is 29.6 Å². The van der Waals surface area contributed by atoms with Crippen LogP contribution >= 0.6 is 0 Å². The van der Waals surface area contributed by atoms with Crippen molar-refractivity contribution >= 4 is 72.8 Å². The van der Waals surface area contributed by atoms with E-state index >= 15 is 0 Å². The quantitative estimate of drug-likeness (QED) is 0.206. The van der Waals surface area contributed by atoms with Gasteiger partial charge < -0.3 is 16.8 Å². The van der Waals surface area contributed by atoms with Crippen LogP contribution in [0.15, 0.2) is 46.2 Å². The molecular formula is C18H24N3NaO7S2. The third-order valence-electron chi connectivity index (χ3n) is 3.70. The van der Waals surface area contributed by atoms with Crippen molar-refractivity contribution < 1.29 is 30.4 Å². The van der Waals surface area contributed by atoms with Crippen LogP contribution in [0.4, 0.5) is 17.1 Å². The van der Waals surface area contributed by atoms with Crippen molar-refractivity contribution in [3.05, 3.63) is 42.0 Å². The van der Waals surface area contributed by atoms with Gasteiger partial charge in [0.2, 0.25) is 0 Å². The van der Waals surface area contributed by atoms with Crippen molar-refractivity contribution in [3.8, 4) is 0 Å². The SMILES string of the molecule is CC(C)(C)COS(=O)(=O)c1cc(N)ccc1NC(=O)c1ccc(N)cc1S(=O)(=O)O.[NaH]. The summed E-state index contributed by atoms with van der Waals surface area (Å²) in [6.07, 6.45) is 0. The molecule has 0 atom stereocenters. The van der Waals surface area contributed by atoms with Crippen LogP contribution in [-0.4, -0.2) is 63.5 Å². The molecule has 31 heavy (non-hydrogen) atoms. The maximum absolute atomic E-state index is 12.7. The molecule has 6 N–H and O–H groups in total. The number of anilines is 3. The topological polar surface area (TPSA) is 179 Å². The zero-order valence-electron chi connectivity index (χ0n) is 16.5. The van der Waals surface area contributed by atoms with Crippen LogP contribution in [0.25, 0.3) is 0 Å². The van der Waals surface area contributed by atoms with E-state index in [0.29, 0.717) is 0 Å². The Kier molecular flexibility index (Phi) is 8.70. The predicted octanol–water partition coefficient (Wildman–Crippen LogP) is 1.45. The first kappa shape index (κ1) is 27.4. The number of nitrogens with one attached hydrogen (secondary N) is 1. The summed E-state index contributed by atoms with van der Waals surface area (Å²) < 4.78 is 63.0. The summed E-state index contributed by atoms with van der Waals surface area (Å²) in [5, 5.41) is 2.32. The zero-order valence-corrected chi connectivity index (χ0v) is 18.2. The molecule has 1 amide bonds. The standard InChI is InChI=1S/C18H23N3O7S2.Na.H/c1-18(2,3)10-28-30(26,27)16-9-12(20)5-7-14(16)21-17(22)13-6-4-11(19)8-15(13)29(23,24)25;;/h4-9H,10,19-20H2,1-3H3,(H,21,22)(H,23,24,25);;. The van der Waals surface area contributed by atoms with E-state index in [0.717, 1.165) is 18.2 Å². The van der Waals surface area contributed by atoms with Gasteiger partial charge in [0.05, 0.1) is 17.9 Å². The summed E-state index contributed by atoms with van der Waals surface area (Å²) in [6, 6.07) is 6.97. The molecule has 0 aliphatic rings. The van der Waals surface area contributed by atoms with E-state index in [2.05, 4.69) is 5.32 Å². The number of hydrogen-bond acceptors (Lipinski definition) is 8. The summed E-state index contributed by atoms with van der Waals surface area (Å²) in [6.45, 7) is 5.22. The summed E-state index contributed by atoms with van der Waals surface area (Å²) in [7, 11) is -9.07. The molecule has 0 bridgehead atoms. The van der Waals surface area contributed by atoms with Crippen LogP contribution in [0.2, 0.25) is 0 Å². The van der Waals surface area contributed by atoms with Gasteiger partial charge in [-0.1, -0.05) is 20.8 Å². The van der Waals surface area contributed by atoms with E-state index in [9.17, 15) is 26.2 Å². The van der Waals surface area contributed by atoms with Crippen LogP contribution < -0.4 is 16.8 Å². The van der Waals surface area contributed by atoms with Gasteiger partial charge in [0, 0.05) is 11.4 Å². The van der Waals surface area contributed by atoms with Crippen LogP contribution in [-0.2, 0) is 24.4 Å². The molecule has 2 rings (SSSR count). The molecule has 2 aromatic rings. The van der Waals surface area contributed by atoms with E-state index in [4.69, 9.17) is 15.7 Å². The van der Waals surface area contributed by atoms with E-state index in [-0.39, 0.29) is 53.2 Å². The average Bonchev–Trinajstić information content (AvgIpc) is 2.60. The van der Waals surface area contributed by atoms with Crippen LogP contribution in [0, 0.1) is 5.41 Å². The van der Waals surface area contributed by atoms with Gasteiger partial charge in [0.25, 0.3) is 26.1 Å². The number of carbonyl (C=O) groups excluding carboxylic acids is 1. The number of rotatable bonds is 6. The number of amides is 1. The van der Waals surface area contributed by atoms with Gasteiger partial charge in [-0.3, -0.25) is 13.5 Å². The van der Waals surface area contributed by atoms with Crippen molar-refractivity contribution in [2.24, 2.45) is 5.41 Å². The molecule has 0 aliphatic heterocycles. The van der Waals surface area contributed by atoms with E-state index < -0.39 is 46.9 Å². The number of carbonyl (C=O) groups is 1. The van der Waals surface area contributed by atoms with Crippen molar-refractivity contribution in [3.63, 3.8) is 0 Å². The van der Waals surface area contributed by atoms with Gasteiger partial charge in [-0.2, -0.15) is 16.8 Å². The molecule has 2 aromatic carbocycles. The molecular weight excluding hydrogens is 457 g/mol. The van der Waals surface area contributed by atoms with E-state index in [1.165, 1.54) is 18.2 Å². The fourth-order valence-electron chi connectivity index (χ4n) is 2.30. The maximum atomic E-state index is 12.7. The molecule has 166 valence electrons. The Balaban J connectivity index is 0.00000480. The van der Waals surface area contributed by atoms with Gasteiger partial charge in [-0.25, -0.2) is 0 Å². The molecule has 13 heteroatoms. The van der Waals surface area contributed by atoms with Crippen LogP contribution in [0.3, 0.4) is 0 Å². The first-order valence-electron chi connectivity index (χ1n) is 8.57. The van der Waals surface area contributed by atoms with Crippen LogP contribution in [0.5, 0.6) is 0 Å². The molecule has 10 nitrogen and oxygen atoms in total.